The molecule has 3 aromatic rings. The third kappa shape index (κ3) is 5.40. The van der Waals surface area contributed by atoms with Gasteiger partial charge in [0.2, 0.25) is 0 Å². The van der Waals surface area contributed by atoms with E-state index >= 15 is 0 Å². The fraction of sp³-hybridized carbons (Fsp3) is 0.269. The first-order valence-electron chi connectivity index (χ1n) is 11.3. The molecule has 0 radical (unpaired) electrons. The molecule has 0 saturated carbocycles. The topological polar surface area (TPSA) is 103 Å². The highest BCUT2D eigenvalue weighted by Gasteiger charge is 2.38. The number of nitrogens with zero attached hydrogens (tertiary/aromatic N) is 1. The van der Waals surface area contributed by atoms with Crippen LogP contribution in [0.5, 0.6) is 23.0 Å². The SMILES string of the molecule is COc1ccc(S(=O)(=O)N2C[C@@H](C(=O)N[C@@H](C)c3cc(OC)ccc3OC)Oc3ccc(Cl)cc32)cc1. The van der Waals surface area contributed by atoms with E-state index in [1.807, 2.05) is 0 Å². The van der Waals surface area contributed by atoms with E-state index in [9.17, 15) is 13.2 Å². The standard InChI is InChI=1S/C26H27ClN2O7S/c1-16(21-14-19(34-3)8-12-23(21)35-4)28-26(30)25-15-29(22-13-17(27)5-11-24(22)36-25)37(31,32)20-9-6-18(33-2)7-10-20/h5-14,16,25H,15H2,1-4H3,(H,28,30)/t16-,25-/m0/s1. The van der Waals surface area contributed by atoms with Crippen LogP contribution >= 0.6 is 11.6 Å². The average molecular weight is 547 g/mol. The average Bonchev–Trinajstić information content (AvgIpc) is 2.91. The van der Waals surface area contributed by atoms with Crippen molar-refractivity contribution in [3.05, 3.63) is 71.2 Å². The Morgan fingerprint density at radius 1 is 1.00 bits per heavy atom. The van der Waals surface area contributed by atoms with Crippen molar-refractivity contribution in [1.29, 1.82) is 0 Å². The normalized spacial score (nSPS) is 15.7. The molecular formula is C26H27ClN2O7S. The summed E-state index contributed by atoms with van der Waals surface area (Å²) in [5, 5.41) is 3.23. The number of benzene rings is 3. The zero-order valence-electron chi connectivity index (χ0n) is 20.7. The number of halogens is 1. The molecule has 1 amide bonds. The minimum absolute atomic E-state index is 0.0368. The lowest BCUT2D eigenvalue weighted by Gasteiger charge is -2.35. The van der Waals surface area contributed by atoms with E-state index in [1.165, 1.54) is 32.4 Å². The van der Waals surface area contributed by atoms with Gasteiger partial charge in [-0.3, -0.25) is 9.10 Å². The van der Waals surface area contributed by atoms with Gasteiger partial charge in [-0.25, -0.2) is 8.42 Å². The molecule has 0 fully saturated rings. The van der Waals surface area contributed by atoms with E-state index < -0.39 is 28.1 Å². The Morgan fingerprint density at radius 2 is 1.68 bits per heavy atom. The molecule has 1 aliphatic heterocycles. The Kier molecular flexibility index (Phi) is 7.70. The number of ether oxygens (including phenoxy) is 4. The molecule has 1 heterocycles. The molecular weight excluding hydrogens is 520 g/mol. The quantitative estimate of drug-likeness (QED) is 0.451. The second-order valence-corrected chi connectivity index (χ2v) is 10.6. The van der Waals surface area contributed by atoms with E-state index in [4.69, 9.17) is 30.5 Å². The monoisotopic (exact) mass is 546 g/mol. The van der Waals surface area contributed by atoms with Gasteiger partial charge in [0.05, 0.1) is 44.5 Å². The minimum Gasteiger partial charge on any atom is -0.497 e. The highest BCUT2D eigenvalue weighted by atomic mass is 35.5. The second kappa shape index (κ2) is 10.8. The van der Waals surface area contributed by atoms with Crippen LogP contribution in [0.3, 0.4) is 0 Å². The van der Waals surface area contributed by atoms with E-state index in [0.717, 1.165) is 4.31 Å². The van der Waals surface area contributed by atoms with Gasteiger partial charge in [0.25, 0.3) is 15.9 Å². The zero-order chi connectivity index (χ0) is 26.7. The summed E-state index contributed by atoms with van der Waals surface area (Å²) in [5.74, 6) is 1.42. The van der Waals surface area contributed by atoms with Crippen molar-refractivity contribution in [2.75, 3.05) is 32.2 Å². The number of carbonyl (C=O) groups is 1. The molecule has 3 aromatic carbocycles. The first-order valence-corrected chi connectivity index (χ1v) is 13.1. The van der Waals surface area contributed by atoms with Crippen LogP contribution in [-0.4, -0.2) is 48.3 Å². The highest BCUT2D eigenvalue weighted by Crippen LogP contribution is 2.39. The summed E-state index contributed by atoms with van der Waals surface area (Å²) >= 11 is 6.17. The third-order valence-electron chi connectivity index (χ3n) is 5.99. The van der Waals surface area contributed by atoms with Crippen LogP contribution in [-0.2, 0) is 14.8 Å². The van der Waals surface area contributed by atoms with Crippen LogP contribution in [0.4, 0.5) is 5.69 Å². The van der Waals surface area contributed by atoms with Gasteiger partial charge in [-0.15, -0.1) is 0 Å². The lowest BCUT2D eigenvalue weighted by Crippen LogP contribution is -2.51. The second-order valence-electron chi connectivity index (χ2n) is 8.27. The van der Waals surface area contributed by atoms with Crippen molar-refractivity contribution in [1.82, 2.24) is 5.32 Å². The molecule has 0 unspecified atom stereocenters. The minimum atomic E-state index is -4.06. The Morgan fingerprint density at radius 3 is 2.32 bits per heavy atom. The van der Waals surface area contributed by atoms with E-state index in [1.54, 1.807) is 56.5 Å². The van der Waals surface area contributed by atoms with E-state index in [-0.39, 0.29) is 22.9 Å². The van der Waals surface area contributed by atoms with Gasteiger partial charge in [0, 0.05) is 10.6 Å². The number of amides is 1. The van der Waals surface area contributed by atoms with Crippen molar-refractivity contribution in [3.63, 3.8) is 0 Å². The summed E-state index contributed by atoms with van der Waals surface area (Å²) in [4.78, 5) is 13.4. The number of nitrogens with one attached hydrogen (secondary N) is 1. The number of hydrogen-bond donors (Lipinski definition) is 1. The van der Waals surface area contributed by atoms with Gasteiger partial charge in [0.15, 0.2) is 6.10 Å². The van der Waals surface area contributed by atoms with E-state index in [2.05, 4.69) is 5.32 Å². The number of hydrogen-bond acceptors (Lipinski definition) is 7. The van der Waals surface area contributed by atoms with Gasteiger partial charge < -0.3 is 24.3 Å². The molecule has 11 heteroatoms. The number of fused-ring (bicyclic) bond motifs is 1. The van der Waals surface area contributed by atoms with Crippen molar-refractivity contribution in [3.8, 4) is 23.0 Å². The van der Waals surface area contributed by atoms with Crippen LogP contribution < -0.4 is 28.6 Å². The fourth-order valence-electron chi connectivity index (χ4n) is 4.03. The van der Waals surface area contributed by atoms with Crippen LogP contribution in [0.25, 0.3) is 0 Å². The first-order chi connectivity index (χ1) is 17.7. The Hall–Kier alpha value is -3.63. The highest BCUT2D eigenvalue weighted by molar-refractivity contribution is 7.92. The Labute approximate surface area is 220 Å². The van der Waals surface area contributed by atoms with Gasteiger partial charge in [0.1, 0.15) is 23.0 Å². The van der Waals surface area contributed by atoms with Crippen molar-refractivity contribution in [2.45, 2.75) is 24.0 Å². The maximum Gasteiger partial charge on any atom is 0.264 e. The van der Waals surface area contributed by atoms with Crippen LogP contribution in [0, 0.1) is 0 Å². The summed E-state index contributed by atoms with van der Waals surface area (Å²) in [7, 11) is 0.517. The van der Waals surface area contributed by atoms with Crippen LogP contribution in [0.2, 0.25) is 5.02 Å². The molecule has 0 aromatic heterocycles. The molecule has 0 bridgehead atoms. The molecule has 1 aliphatic rings. The first kappa shape index (κ1) is 26.4. The maximum atomic E-state index is 13.7. The molecule has 0 saturated heterocycles. The zero-order valence-corrected chi connectivity index (χ0v) is 22.3. The molecule has 0 spiro atoms. The number of carbonyl (C=O) groups excluding carboxylic acids is 1. The maximum absolute atomic E-state index is 13.7. The Balaban J connectivity index is 1.64. The molecule has 9 nitrogen and oxygen atoms in total. The largest absolute Gasteiger partial charge is 0.497 e. The fourth-order valence-corrected chi connectivity index (χ4v) is 5.66. The van der Waals surface area contributed by atoms with Crippen molar-refractivity contribution in [2.24, 2.45) is 0 Å². The Bertz CT molecular complexity index is 1400. The number of rotatable bonds is 8. The van der Waals surface area contributed by atoms with Gasteiger partial charge >= 0.3 is 0 Å². The summed E-state index contributed by atoms with van der Waals surface area (Å²) < 4.78 is 50.2. The summed E-state index contributed by atoms with van der Waals surface area (Å²) in [5.41, 5.74) is 0.941. The summed E-state index contributed by atoms with van der Waals surface area (Å²) in [6.45, 7) is 1.53. The lowest BCUT2D eigenvalue weighted by atomic mass is 10.1. The molecule has 4 rings (SSSR count). The smallest absolute Gasteiger partial charge is 0.264 e. The molecule has 196 valence electrons. The van der Waals surface area contributed by atoms with Crippen LogP contribution in [0.15, 0.2) is 65.6 Å². The summed E-state index contributed by atoms with van der Waals surface area (Å²) in [6.07, 6.45) is -1.12. The van der Waals surface area contributed by atoms with E-state index in [0.29, 0.717) is 27.8 Å². The van der Waals surface area contributed by atoms with Gasteiger partial charge in [-0.1, -0.05) is 11.6 Å². The number of sulfonamides is 1. The molecule has 1 N–H and O–H groups in total. The molecule has 37 heavy (non-hydrogen) atoms. The van der Waals surface area contributed by atoms with Gasteiger partial charge in [-0.2, -0.15) is 0 Å². The summed E-state index contributed by atoms with van der Waals surface area (Å²) in [6, 6.07) is 15.4. The number of anilines is 1. The third-order valence-corrected chi connectivity index (χ3v) is 8.02. The van der Waals surface area contributed by atoms with Crippen molar-refractivity contribution >= 4 is 33.2 Å². The predicted octanol–water partition coefficient (Wildman–Crippen LogP) is 4.20. The van der Waals surface area contributed by atoms with Crippen LogP contribution in [0.1, 0.15) is 18.5 Å². The number of methoxy groups -OCH3 is 3. The van der Waals surface area contributed by atoms with Gasteiger partial charge in [-0.05, 0) is 67.6 Å². The molecule has 0 aliphatic carbocycles. The lowest BCUT2D eigenvalue weighted by molar-refractivity contribution is -0.128. The van der Waals surface area contributed by atoms with Crippen molar-refractivity contribution < 1.29 is 32.2 Å². The predicted molar refractivity (Wildman–Crippen MR) is 139 cm³/mol. The molecule has 2 atom stereocenters.